The molecule has 0 saturated heterocycles. The van der Waals surface area contributed by atoms with E-state index in [0.717, 1.165) is 30.5 Å². The maximum Gasteiger partial charge on any atom is 0.274 e. The standard InChI is InChI=1S/C29H34BF2N4O4/c1-4-16-11-17(12-23(33)28(16)37)19-7-8-34-15-25(19)36-29(38)24-6-5-21(31)27(35-24)26-20(30-2)13-18(14-22(26)32)40-10-9-39-3/h5-8,13-17,23,28,37H,4,9-12,33H2,1-3H3,(H,36,38). The lowest BCUT2D eigenvalue weighted by atomic mass is 9.70. The molecule has 40 heavy (non-hydrogen) atoms. The molecule has 2 aromatic heterocycles. The summed E-state index contributed by atoms with van der Waals surface area (Å²) in [6.07, 6.45) is 4.68. The van der Waals surface area contributed by atoms with Crippen LogP contribution in [0.4, 0.5) is 14.5 Å². The number of nitrogens with zero attached hydrogens (tertiary/aromatic N) is 2. The number of aliphatic hydroxyl groups excluding tert-OH is 1. The summed E-state index contributed by atoms with van der Waals surface area (Å²) >= 11 is 0. The molecule has 1 fully saturated rings. The number of halogens is 2. The van der Waals surface area contributed by atoms with Gasteiger partial charge in [-0.05, 0) is 54.5 Å². The zero-order chi connectivity index (χ0) is 28.8. The minimum Gasteiger partial charge on any atom is -0.491 e. The van der Waals surface area contributed by atoms with Crippen LogP contribution in [0.5, 0.6) is 5.75 Å². The first-order valence-corrected chi connectivity index (χ1v) is 13.4. The predicted octanol–water partition coefficient (Wildman–Crippen LogP) is 3.67. The number of aromatic nitrogens is 2. The van der Waals surface area contributed by atoms with Gasteiger partial charge in [0.15, 0.2) is 0 Å². The predicted molar refractivity (Wildman–Crippen MR) is 150 cm³/mol. The molecule has 1 amide bonds. The van der Waals surface area contributed by atoms with E-state index < -0.39 is 23.6 Å². The lowest BCUT2D eigenvalue weighted by Gasteiger charge is -2.38. The Bertz CT molecular complexity index is 1350. The van der Waals surface area contributed by atoms with Gasteiger partial charge in [-0.1, -0.05) is 25.6 Å². The van der Waals surface area contributed by atoms with Crippen LogP contribution < -0.4 is 21.3 Å². The fraction of sp³-hybridized carbons (Fsp3) is 0.414. The number of hydrogen-bond donors (Lipinski definition) is 3. The summed E-state index contributed by atoms with van der Waals surface area (Å²) in [7, 11) is 3.15. The van der Waals surface area contributed by atoms with Crippen LogP contribution in [0.1, 0.15) is 48.2 Å². The summed E-state index contributed by atoms with van der Waals surface area (Å²) in [4.78, 5) is 21.7. The van der Waals surface area contributed by atoms with Gasteiger partial charge in [-0.2, -0.15) is 0 Å². The van der Waals surface area contributed by atoms with Crippen LogP contribution >= 0.6 is 0 Å². The fourth-order valence-corrected chi connectivity index (χ4v) is 5.28. The Hall–Kier alpha value is -3.41. The summed E-state index contributed by atoms with van der Waals surface area (Å²) in [5.74, 6) is -1.77. The molecule has 1 aliphatic rings. The first kappa shape index (κ1) is 29.6. The van der Waals surface area contributed by atoms with Gasteiger partial charge in [0, 0.05) is 31.0 Å². The molecule has 4 rings (SSSR count). The van der Waals surface area contributed by atoms with E-state index in [-0.39, 0.29) is 47.2 Å². The molecule has 0 aliphatic heterocycles. The normalized spacial score (nSPS) is 20.7. The van der Waals surface area contributed by atoms with E-state index in [1.54, 1.807) is 32.6 Å². The number of pyridine rings is 2. The van der Waals surface area contributed by atoms with Crippen LogP contribution in [-0.2, 0) is 4.74 Å². The topological polar surface area (TPSA) is 120 Å². The van der Waals surface area contributed by atoms with Gasteiger partial charge in [-0.3, -0.25) is 9.78 Å². The third-order valence-electron chi connectivity index (χ3n) is 7.41. The zero-order valence-electron chi connectivity index (χ0n) is 22.9. The van der Waals surface area contributed by atoms with E-state index in [0.29, 0.717) is 24.2 Å². The molecular formula is C29H34BF2N4O4. The summed E-state index contributed by atoms with van der Waals surface area (Å²) in [6.45, 7) is 4.26. The number of ether oxygens (including phenoxy) is 2. The van der Waals surface area contributed by atoms with Gasteiger partial charge in [0.05, 0.1) is 24.6 Å². The van der Waals surface area contributed by atoms with Crippen LogP contribution in [0.2, 0.25) is 6.82 Å². The zero-order valence-corrected chi connectivity index (χ0v) is 22.9. The van der Waals surface area contributed by atoms with Gasteiger partial charge >= 0.3 is 0 Å². The van der Waals surface area contributed by atoms with Crippen molar-refractivity contribution in [2.24, 2.45) is 11.7 Å². The minimum absolute atomic E-state index is 0.0137. The Morgan fingerprint density at radius 2 is 2.00 bits per heavy atom. The van der Waals surface area contributed by atoms with Crippen LogP contribution in [0.15, 0.2) is 42.7 Å². The van der Waals surface area contributed by atoms with Crippen molar-refractivity contribution in [1.82, 2.24) is 9.97 Å². The number of carbonyl (C=O) groups excluding carboxylic acids is 1. The van der Waals surface area contributed by atoms with Crippen molar-refractivity contribution in [2.75, 3.05) is 25.6 Å². The summed E-state index contributed by atoms with van der Waals surface area (Å²) in [5, 5.41) is 13.3. The average Bonchev–Trinajstić information content (AvgIpc) is 2.95. The third-order valence-corrected chi connectivity index (χ3v) is 7.41. The maximum atomic E-state index is 15.3. The van der Waals surface area contributed by atoms with Crippen molar-refractivity contribution in [3.63, 3.8) is 0 Å². The van der Waals surface area contributed by atoms with E-state index in [4.69, 9.17) is 15.2 Å². The third kappa shape index (κ3) is 6.48. The van der Waals surface area contributed by atoms with E-state index in [2.05, 4.69) is 15.3 Å². The molecule has 0 bridgehead atoms. The number of anilines is 1. The van der Waals surface area contributed by atoms with Crippen molar-refractivity contribution in [3.05, 3.63) is 65.6 Å². The second-order valence-corrected chi connectivity index (χ2v) is 9.93. The van der Waals surface area contributed by atoms with Crippen LogP contribution in [-0.4, -0.2) is 60.7 Å². The van der Waals surface area contributed by atoms with E-state index in [9.17, 15) is 14.3 Å². The first-order chi connectivity index (χ1) is 19.3. The first-order valence-electron chi connectivity index (χ1n) is 13.4. The van der Waals surface area contributed by atoms with Crippen LogP contribution in [0, 0.1) is 17.6 Å². The number of methoxy groups -OCH3 is 1. The Labute approximate surface area is 233 Å². The molecule has 3 aromatic rings. The Morgan fingerprint density at radius 3 is 2.73 bits per heavy atom. The lowest BCUT2D eigenvalue weighted by molar-refractivity contribution is 0.0416. The quantitative estimate of drug-likeness (QED) is 0.260. The SMILES string of the molecule is C[B]c1cc(OCCOC)cc(F)c1-c1nc(C(=O)Nc2cnccc2C2CC(N)C(O)C(CC)C2)ccc1F. The largest absolute Gasteiger partial charge is 0.491 e. The summed E-state index contributed by atoms with van der Waals surface area (Å²) in [5.41, 5.74) is 7.48. The lowest BCUT2D eigenvalue weighted by Crippen LogP contribution is -2.45. The highest BCUT2D eigenvalue weighted by atomic mass is 19.1. The van der Waals surface area contributed by atoms with Gasteiger partial charge < -0.3 is 25.6 Å². The molecule has 1 saturated carbocycles. The average molecular weight is 551 g/mol. The summed E-state index contributed by atoms with van der Waals surface area (Å²) < 4.78 is 40.7. The van der Waals surface area contributed by atoms with Crippen molar-refractivity contribution in [2.45, 2.75) is 51.1 Å². The molecule has 1 aromatic carbocycles. The number of benzene rings is 1. The minimum atomic E-state index is -0.769. The molecule has 4 unspecified atom stereocenters. The molecule has 4 atom stereocenters. The highest BCUT2D eigenvalue weighted by molar-refractivity contribution is 6.54. The molecule has 11 heteroatoms. The van der Waals surface area contributed by atoms with E-state index in [1.165, 1.54) is 13.2 Å². The Kier molecular flexibility index (Phi) is 9.83. The van der Waals surface area contributed by atoms with Crippen LogP contribution in [0.3, 0.4) is 0 Å². The van der Waals surface area contributed by atoms with Crippen molar-refractivity contribution >= 4 is 24.3 Å². The van der Waals surface area contributed by atoms with Gasteiger partial charge in [-0.15, -0.1) is 0 Å². The number of nitrogens with one attached hydrogen (secondary N) is 1. The second-order valence-electron chi connectivity index (χ2n) is 9.93. The maximum absolute atomic E-state index is 15.3. The number of hydrogen-bond acceptors (Lipinski definition) is 7. The van der Waals surface area contributed by atoms with Crippen molar-refractivity contribution in [1.29, 1.82) is 0 Å². The highest BCUT2D eigenvalue weighted by Gasteiger charge is 2.35. The number of nitrogens with two attached hydrogens (primary N) is 1. The number of rotatable bonds is 10. The molecule has 211 valence electrons. The van der Waals surface area contributed by atoms with Gasteiger partial charge in [0.2, 0.25) is 0 Å². The molecule has 1 radical (unpaired) electrons. The van der Waals surface area contributed by atoms with Gasteiger partial charge in [0.1, 0.15) is 42.7 Å². The van der Waals surface area contributed by atoms with Crippen molar-refractivity contribution < 1.29 is 28.2 Å². The smallest absolute Gasteiger partial charge is 0.274 e. The summed E-state index contributed by atoms with van der Waals surface area (Å²) in [6, 6.07) is 6.53. The van der Waals surface area contributed by atoms with Gasteiger partial charge in [0.25, 0.3) is 5.91 Å². The highest BCUT2D eigenvalue weighted by Crippen LogP contribution is 2.40. The second kappa shape index (κ2) is 13.3. The van der Waals surface area contributed by atoms with Crippen molar-refractivity contribution in [3.8, 4) is 17.0 Å². The molecule has 8 nitrogen and oxygen atoms in total. The van der Waals surface area contributed by atoms with E-state index >= 15 is 4.39 Å². The Morgan fingerprint density at radius 1 is 1.20 bits per heavy atom. The monoisotopic (exact) mass is 551 g/mol. The van der Waals surface area contributed by atoms with Crippen LogP contribution in [0.25, 0.3) is 11.3 Å². The Balaban J connectivity index is 1.61. The molecule has 1 aliphatic carbocycles. The van der Waals surface area contributed by atoms with Gasteiger partial charge in [-0.25, -0.2) is 13.8 Å². The molecule has 0 spiro atoms. The number of amides is 1. The fourth-order valence-electron chi connectivity index (χ4n) is 5.28. The number of aliphatic hydroxyl groups is 1. The number of carbonyl (C=O) groups is 1. The van der Waals surface area contributed by atoms with E-state index in [1.807, 2.05) is 13.0 Å². The molecule has 2 heterocycles. The molecular weight excluding hydrogens is 517 g/mol. The molecule has 4 N–H and O–H groups in total.